The van der Waals surface area contributed by atoms with Crippen LogP contribution in [-0.2, 0) is 23.4 Å². The van der Waals surface area contributed by atoms with Gasteiger partial charge in [0, 0.05) is 47.6 Å². The van der Waals surface area contributed by atoms with E-state index in [0.717, 1.165) is 91.4 Å². The number of hydrogen-bond acceptors (Lipinski definition) is 11. The topological polar surface area (TPSA) is 174 Å². The number of aromatic hydroxyl groups is 2. The summed E-state index contributed by atoms with van der Waals surface area (Å²) in [5, 5.41) is 47.3. The molecule has 9 nitrogen and oxygen atoms in total. The van der Waals surface area contributed by atoms with Gasteiger partial charge in [0.15, 0.2) is 17.3 Å². The highest BCUT2D eigenvalue weighted by molar-refractivity contribution is 8.76. The van der Waals surface area contributed by atoms with Gasteiger partial charge in [-0.1, -0.05) is 89.5 Å². The summed E-state index contributed by atoms with van der Waals surface area (Å²) in [6.07, 6.45) is 20.0. The molecule has 0 amide bonds. The first kappa shape index (κ1) is 46.1. The third-order valence-corrected chi connectivity index (χ3v) is 16.6. The number of phenols is 2. The van der Waals surface area contributed by atoms with Gasteiger partial charge in [0.2, 0.25) is 0 Å². The highest BCUT2D eigenvalue weighted by Gasteiger charge is 2.37. The van der Waals surface area contributed by atoms with Crippen molar-refractivity contribution < 1.29 is 30.0 Å². The van der Waals surface area contributed by atoms with Crippen LogP contribution in [0.2, 0.25) is 0 Å². The zero-order valence-electron chi connectivity index (χ0n) is 36.7. The molecule has 64 heavy (non-hydrogen) atoms. The lowest BCUT2D eigenvalue weighted by Gasteiger charge is -2.28. The van der Waals surface area contributed by atoms with Crippen molar-refractivity contribution in [3.63, 3.8) is 0 Å². The van der Waals surface area contributed by atoms with E-state index in [1.165, 1.54) is 12.8 Å². The molecule has 0 saturated heterocycles. The Bertz CT molecular complexity index is 2370. The molecular formula is C53H62N3O6S2-. The lowest BCUT2D eigenvalue weighted by Crippen LogP contribution is -2.23. The first-order valence-electron chi connectivity index (χ1n) is 23.3. The fourth-order valence-corrected chi connectivity index (χ4v) is 13.0. The Morgan fingerprint density at radius 3 is 2.58 bits per heavy atom. The Morgan fingerprint density at radius 2 is 1.75 bits per heavy atom. The molecule has 0 aromatic heterocycles. The molecule has 3 aromatic rings. The number of nitrogens with two attached hydrogens (primary N) is 2. The Hall–Kier alpha value is -4.44. The van der Waals surface area contributed by atoms with Gasteiger partial charge >= 0.3 is 0 Å². The number of fused-ring (bicyclic) bond motifs is 9. The molecule has 5 aliphatic rings. The van der Waals surface area contributed by atoms with Gasteiger partial charge in [-0.15, -0.1) is 5.76 Å². The number of aliphatic hydroxyl groups excluding tert-OH is 1. The Balaban J connectivity index is 1.10. The molecule has 2 fully saturated rings. The summed E-state index contributed by atoms with van der Waals surface area (Å²) in [4.78, 5) is 17.9. The number of ketones is 1. The fraction of sp³-hybridized carbons (Fsp3) is 0.472. The maximum atomic E-state index is 14.2. The zero-order valence-corrected chi connectivity index (χ0v) is 38.4. The van der Waals surface area contributed by atoms with Crippen molar-refractivity contribution >= 4 is 33.1 Å². The predicted octanol–water partition coefficient (Wildman–Crippen LogP) is 9.35. The third-order valence-electron chi connectivity index (χ3n) is 14.1. The minimum atomic E-state index is -0.747. The van der Waals surface area contributed by atoms with E-state index >= 15 is 0 Å². The summed E-state index contributed by atoms with van der Waals surface area (Å²) in [6, 6.07) is 14.8. The molecule has 0 spiro atoms. The normalized spacial score (nSPS) is 23.7. The molecule has 338 valence electrons. The minimum absolute atomic E-state index is 0.0232. The number of unbranched alkanes of at least 4 members (excludes halogenated alkanes) is 1. The average Bonchev–Trinajstić information content (AvgIpc) is 4.09. The van der Waals surface area contributed by atoms with Crippen LogP contribution in [0.4, 0.5) is 0 Å². The summed E-state index contributed by atoms with van der Waals surface area (Å²) in [6.45, 7) is 0.247. The van der Waals surface area contributed by atoms with Gasteiger partial charge in [0.05, 0.1) is 31.0 Å². The lowest BCUT2D eigenvalue weighted by atomic mass is 9.79. The van der Waals surface area contributed by atoms with E-state index in [2.05, 4.69) is 29.0 Å². The molecule has 4 unspecified atom stereocenters. The summed E-state index contributed by atoms with van der Waals surface area (Å²) >= 11 is 0. The van der Waals surface area contributed by atoms with Crippen LogP contribution in [0.1, 0.15) is 141 Å². The van der Waals surface area contributed by atoms with Gasteiger partial charge < -0.3 is 36.6 Å². The van der Waals surface area contributed by atoms with Gasteiger partial charge in [0.25, 0.3) is 0 Å². The number of aryl methyl sites for hydroxylation is 1. The molecule has 11 heteroatoms. The standard InChI is InChI=1S/C53H63N3O6S2/c54-52(55)43-28-38-8-5-9-46-41(19-24-56-46)50(61)30-44-42(38)29-39(43)33-64-63-32-36-17-22-53(31-36,21-4-3-10-47(58)37-6-1-2-7-37)23-18-40(57)14-11-34-13-16-49(60)51(27-34)62-25-20-35-12-15-48(59)45(44)26-35/h12-13,15-16,18-19,23-24,26-29,36-37,44,47,52,58-61H,1-4,6-7,9-11,14,17,20-22,25,30-33,54-55H2/p-1. The summed E-state index contributed by atoms with van der Waals surface area (Å²) in [7, 11) is 3.63. The van der Waals surface area contributed by atoms with Crippen molar-refractivity contribution in [2.45, 2.75) is 127 Å². The Labute approximate surface area is 386 Å². The number of benzene rings is 3. The van der Waals surface area contributed by atoms with Crippen LogP contribution in [-0.4, -0.2) is 45.3 Å². The van der Waals surface area contributed by atoms with Crippen molar-refractivity contribution in [3.05, 3.63) is 123 Å². The van der Waals surface area contributed by atoms with Crippen LogP contribution in [0.25, 0.3) is 0 Å². The molecule has 7 N–H and O–H groups in total. The van der Waals surface area contributed by atoms with Crippen LogP contribution in [0.15, 0.2) is 89.3 Å². The average molecular weight is 901 g/mol. The second kappa shape index (κ2) is 21.2. The van der Waals surface area contributed by atoms with E-state index in [1.807, 2.05) is 47.2 Å². The number of aliphatic hydroxyl groups is 1. The van der Waals surface area contributed by atoms with Crippen molar-refractivity contribution in [3.8, 4) is 29.1 Å². The van der Waals surface area contributed by atoms with Gasteiger partial charge in [-0.3, -0.25) is 9.79 Å². The van der Waals surface area contributed by atoms with Crippen LogP contribution in [0.3, 0.4) is 0 Å². The molecule has 3 aliphatic carbocycles. The molecular weight excluding hydrogens is 839 g/mol. The van der Waals surface area contributed by atoms with Crippen molar-refractivity contribution in [1.82, 2.24) is 0 Å². The molecule has 2 saturated carbocycles. The number of nitrogens with zero attached hydrogens (tertiary/aromatic N) is 1. The summed E-state index contributed by atoms with van der Waals surface area (Å²) in [5.74, 6) is 9.10. The first-order valence-corrected chi connectivity index (χ1v) is 25.7. The quantitative estimate of drug-likeness (QED) is 0.0666. The number of carbonyl (C=O) groups excluding carboxylic acids is 1. The minimum Gasteiger partial charge on any atom is -0.875 e. The van der Waals surface area contributed by atoms with E-state index in [9.17, 15) is 25.2 Å². The highest BCUT2D eigenvalue weighted by atomic mass is 33.1. The smallest absolute Gasteiger partial charge is 0.161 e. The van der Waals surface area contributed by atoms with E-state index in [1.54, 1.807) is 35.2 Å². The van der Waals surface area contributed by atoms with E-state index in [0.29, 0.717) is 71.4 Å². The zero-order chi connectivity index (χ0) is 44.6. The first-order chi connectivity index (χ1) is 31.0. The van der Waals surface area contributed by atoms with Crippen LogP contribution >= 0.6 is 21.6 Å². The number of aliphatic imine (C=N–C) groups is 1. The molecule has 8 bridgehead atoms. The third kappa shape index (κ3) is 11.3. The number of ether oxygens (including phenoxy) is 1. The van der Waals surface area contributed by atoms with Gasteiger partial charge in [-0.05, 0) is 145 Å². The number of hydrogen-bond donors (Lipinski definition) is 5. The van der Waals surface area contributed by atoms with Crippen molar-refractivity contribution in [2.75, 3.05) is 12.4 Å². The van der Waals surface area contributed by atoms with Crippen LogP contribution in [0.5, 0.6) is 17.2 Å². The SMILES string of the molecule is NC(N)c1cc2c3cc1CSSCC1CCC(CCCCC(O)C4CCCC4)(C=CC(=O)CCc4ccc(O)c(c4)OCCc4ccc(O)c(c4)C3CC([O-])=C3C=CN=C3CC#C2)C1. The second-order valence-electron chi connectivity index (χ2n) is 18.6. The van der Waals surface area contributed by atoms with Crippen molar-refractivity contribution in [2.24, 2.45) is 33.7 Å². The fourth-order valence-electron chi connectivity index (χ4n) is 10.5. The highest BCUT2D eigenvalue weighted by Crippen LogP contribution is 2.49. The summed E-state index contributed by atoms with van der Waals surface area (Å²) in [5.41, 5.74) is 19.8. The molecule has 0 radical (unpaired) electrons. The van der Waals surface area contributed by atoms with Gasteiger partial charge in [-0.2, -0.15) is 0 Å². The maximum absolute atomic E-state index is 14.2. The Morgan fingerprint density at radius 1 is 0.938 bits per heavy atom. The monoisotopic (exact) mass is 900 g/mol. The maximum Gasteiger partial charge on any atom is 0.161 e. The van der Waals surface area contributed by atoms with Crippen molar-refractivity contribution in [1.29, 1.82) is 0 Å². The largest absolute Gasteiger partial charge is 0.875 e. The Kier molecular flexibility index (Phi) is 15.3. The molecule has 4 atom stereocenters. The van der Waals surface area contributed by atoms with E-state index in [-0.39, 0.29) is 47.6 Å². The predicted molar refractivity (Wildman–Crippen MR) is 257 cm³/mol. The van der Waals surface area contributed by atoms with E-state index in [4.69, 9.17) is 16.2 Å². The molecule has 8 rings (SSSR count). The number of phenolic OH excluding ortho intramolecular Hbond substituents is 2. The van der Waals surface area contributed by atoms with Crippen LogP contribution in [0, 0.1) is 29.1 Å². The van der Waals surface area contributed by atoms with Crippen LogP contribution < -0.4 is 21.3 Å². The molecule has 2 aliphatic heterocycles. The number of allylic oxidation sites excluding steroid dienone is 5. The second-order valence-corrected chi connectivity index (χ2v) is 21.1. The number of rotatable bonds is 7. The molecule has 2 heterocycles. The van der Waals surface area contributed by atoms with Gasteiger partial charge in [0.1, 0.15) is 5.75 Å². The molecule has 3 aromatic carbocycles. The number of carbonyl (C=O) groups is 1. The lowest BCUT2D eigenvalue weighted by molar-refractivity contribution is -0.307. The summed E-state index contributed by atoms with van der Waals surface area (Å²) < 4.78 is 6.15. The van der Waals surface area contributed by atoms with Gasteiger partial charge in [-0.25, -0.2) is 0 Å². The van der Waals surface area contributed by atoms with E-state index < -0.39 is 12.1 Å².